The molecule has 2 amide bonds. The summed E-state index contributed by atoms with van der Waals surface area (Å²) < 4.78 is 13.0. The number of piperidine rings is 1. The standard InChI is InChI=1S/C22H25FN4O2/c1-26(2)20-9-3-16(4-10-20)15-24-25-21(28)17-11-13-27(14-12-17)22(29)18-5-7-19(23)8-6-18/h3-10,15,17H,11-14H2,1-2H3,(H,25,28). The van der Waals surface area contributed by atoms with Gasteiger partial charge in [-0.15, -0.1) is 0 Å². The molecule has 0 atom stereocenters. The molecular formula is C22H25FN4O2. The lowest BCUT2D eigenvalue weighted by atomic mass is 9.95. The minimum Gasteiger partial charge on any atom is -0.378 e. The Morgan fingerprint density at radius 1 is 1.07 bits per heavy atom. The molecule has 0 spiro atoms. The third kappa shape index (κ3) is 5.40. The van der Waals surface area contributed by atoms with E-state index in [4.69, 9.17) is 0 Å². The van der Waals surface area contributed by atoms with Gasteiger partial charge in [-0.05, 0) is 54.8 Å². The van der Waals surface area contributed by atoms with Crippen LogP contribution in [0.25, 0.3) is 0 Å². The molecule has 2 aromatic rings. The Morgan fingerprint density at radius 3 is 2.28 bits per heavy atom. The summed E-state index contributed by atoms with van der Waals surface area (Å²) in [6.07, 6.45) is 2.77. The molecule has 0 radical (unpaired) electrons. The normalized spacial score (nSPS) is 14.8. The van der Waals surface area contributed by atoms with Crippen LogP contribution >= 0.6 is 0 Å². The van der Waals surface area contributed by atoms with Crippen molar-refractivity contribution in [2.24, 2.45) is 11.0 Å². The number of benzene rings is 2. The number of carbonyl (C=O) groups excluding carboxylic acids is 2. The maximum Gasteiger partial charge on any atom is 0.253 e. The van der Waals surface area contributed by atoms with Gasteiger partial charge in [-0.1, -0.05) is 12.1 Å². The Labute approximate surface area is 170 Å². The summed E-state index contributed by atoms with van der Waals surface area (Å²) in [6.45, 7) is 0.980. The number of rotatable bonds is 5. The third-order valence-electron chi connectivity index (χ3n) is 5.04. The average molecular weight is 396 g/mol. The van der Waals surface area contributed by atoms with Gasteiger partial charge >= 0.3 is 0 Å². The summed E-state index contributed by atoms with van der Waals surface area (Å²) in [5, 5.41) is 4.05. The molecule has 2 aromatic carbocycles. The molecule has 7 heteroatoms. The lowest BCUT2D eigenvalue weighted by Gasteiger charge is -2.31. The van der Waals surface area contributed by atoms with Crippen molar-refractivity contribution < 1.29 is 14.0 Å². The van der Waals surface area contributed by atoms with Gasteiger partial charge in [-0.2, -0.15) is 5.10 Å². The minimum atomic E-state index is -0.369. The topological polar surface area (TPSA) is 65.0 Å². The van der Waals surface area contributed by atoms with Crippen LogP contribution in [0.2, 0.25) is 0 Å². The highest BCUT2D eigenvalue weighted by Gasteiger charge is 2.27. The number of nitrogens with zero attached hydrogens (tertiary/aromatic N) is 3. The Kier molecular flexibility index (Phi) is 6.59. The number of hydrogen-bond acceptors (Lipinski definition) is 4. The molecule has 3 rings (SSSR count). The highest BCUT2D eigenvalue weighted by molar-refractivity contribution is 5.94. The smallest absolute Gasteiger partial charge is 0.253 e. The minimum absolute atomic E-state index is 0.136. The number of amides is 2. The van der Waals surface area contributed by atoms with Crippen LogP contribution in [-0.4, -0.2) is 50.1 Å². The van der Waals surface area contributed by atoms with Gasteiger partial charge in [0.15, 0.2) is 0 Å². The molecule has 1 heterocycles. The molecule has 1 aliphatic rings. The number of hydrogen-bond donors (Lipinski definition) is 1. The Balaban J connectivity index is 1.47. The molecule has 152 valence electrons. The van der Waals surface area contributed by atoms with E-state index >= 15 is 0 Å². The summed E-state index contributed by atoms with van der Waals surface area (Å²) in [5.74, 6) is -0.824. The molecule has 1 saturated heterocycles. The van der Waals surface area contributed by atoms with Crippen LogP contribution in [0.5, 0.6) is 0 Å². The predicted octanol–water partition coefficient (Wildman–Crippen LogP) is 2.89. The van der Waals surface area contributed by atoms with Crippen LogP contribution in [-0.2, 0) is 4.79 Å². The van der Waals surface area contributed by atoms with Crippen molar-refractivity contribution >= 4 is 23.7 Å². The number of hydrazone groups is 1. The second-order valence-electron chi connectivity index (χ2n) is 7.29. The van der Waals surface area contributed by atoms with Gasteiger partial charge in [0.1, 0.15) is 5.82 Å². The van der Waals surface area contributed by atoms with Gasteiger partial charge in [-0.3, -0.25) is 9.59 Å². The van der Waals surface area contributed by atoms with Crippen molar-refractivity contribution in [3.05, 3.63) is 65.5 Å². The van der Waals surface area contributed by atoms with E-state index in [1.165, 1.54) is 24.3 Å². The Hall–Kier alpha value is -3.22. The van der Waals surface area contributed by atoms with E-state index in [9.17, 15) is 14.0 Å². The first kappa shape index (κ1) is 20.5. The van der Waals surface area contributed by atoms with Crippen LogP contribution in [0.4, 0.5) is 10.1 Å². The summed E-state index contributed by atoms with van der Waals surface area (Å²) in [7, 11) is 3.95. The monoisotopic (exact) mass is 396 g/mol. The number of halogens is 1. The zero-order chi connectivity index (χ0) is 20.8. The van der Waals surface area contributed by atoms with Gasteiger partial charge in [-0.25, -0.2) is 9.82 Å². The van der Waals surface area contributed by atoms with E-state index in [-0.39, 0.29) is 23.5 Å². The molecular weight excluding hydrogens is 371 g/mol. The summed E-state index contributed by atoms with van der Waals surface area (Å²) in [5.41, 5.74) is 5.04. The van der Waals surface area contributed by atoms with Crippen molar-refractivity contribution in [2.45, 2.75) is 12.8 Å². The molecule has 0 aliphatic carbocycles. The predicted molar refractivity (Wildman–Crippen MR) is 112 cm³/mol. The first-order chi connectivity index (χ1) is 13.9. The van der Waals surface area contributed by atoms with Crippen molar-refractivity contribution in [1.29, 1.82) is 0 Å². The fourth-order valence-corrected chi connectivity index (χ4v) is 3.24. The van der Waals surface area contributed by atoms with E-state index in [0.29, 0.717) is 31.5 Å². The summed E-state index contributed by atoms with van der Waals surface area (Å²) in [4.78, 5) is 28.5. The molecule has 6 nitrogen and oxygen atoms in total. The number of anilines is 1. The fraction of sp³-hybridized carbons (Fsp3) is 0.318. The third-order valence-corrected chi connectivity index (χ3v) is 5.04. The van der Waals surface area contributed by atoms with Crippen LogP contribution in [0.15, 0.2) is 53.6 Å². The van der Waals surface area contributed by atoms with Crippen LogP contribution in [0.3, 0.4) is 0 Å². The lowest BCUT2D eigenvalue weighted by Crippen LogP contribution is -2.42. The largest absolute Gasteiger partial charge is 0.378 e. The van der Waals surface area contributed by atoms with Gasteiger partial charge < -0.3 is 9.80 Å². The lowest BCUT2D eigenvalue weighted by molar-refractivity contribution is -0.126. The first-order valence-electron chi connectivity index (χ1n) is 9.59. The van der Waals surface area contributed by atoms with Crippen molar-refractivity contribution in [1.82, 2.24) is 10.3 Å². The maximum atomic E-state index is 13.0. The quantitative estimate of drug-likeness (QED) is 0.624. The number of nitrogens with one attached hydrogen (secondary N) is 1. The highest BCUT2D eigenvalue weighted by atomic mass is 19.1. The zero-order valence-electron chi connectivity index (χ0n) is 16.6. The van der Waals surface area contributed by atoms with Crippen LogP contribution in [0, 0.1) is 11.7 Å². The van der Waals surface area contributed by atoms with E-state index in [1.54, 1.807) is 11.1 Å². The molecule has 29 heavy (non-hydrogen) atoms. The SMILES string of the molecule is CN(C)c1ccc(C=NNC(=O)C2CCN(C(=O)c3ccc(F)cc3)CC2)cc1. The van der Waals surface area contributed by atoms with Crippen molar-refractivity contribution in [2.75, 3.05) is 32.1 Å². The number of carbonyl (C=O) groups is 2. The average Bonchev–Trinajstić information content (AvgIpc) is 2.74. The first-order valence-corrected chi connectivity index (χ1v) is 9.59. The van der Waals surface area contributed by atoms with Gasteiger partial charge in [0.05, 0.1) is 6.21 Å². The van der Waals surface area contributed by atoms with Crippen molar-refractivity contribution in [3.63, 3.8) is 0 Å². The fourth-order valence-electron chi connectivity index (χ4n) is 3.24. The molecule has 1 aliphatic heterocycles. The van der Waals surface area contributed by atoms with E-state index in [2.05, 4.69) is 10.5 Å². The molecule has 1 N–H and O–H groups in total. The number of likely N-dealkylation sites (tertiary alicyclic amines) is 1. The van der Waals surface area contributed by atoms with E-state index < -0.39 is 0 Å². The van der Waals surface area contributed by atoms with Gasteiger partial charge in [0.2, 0.25) is 5.91 Å². The zero-order valence-corrected chi connectivity index (χ0v) is 16.6. The summed E-state index contributed by atoms with van der Waals surface area (Å²) in [6, 6.07) is 13.4. The maximum absolute atomic E-state index is 13.0. The molecule has 0 aromatic heterocycles. The van der Waals surface area contributed by atoms with E-state index in [0.717, 1.165) is 11.3 Å². The molecule has 0 bridgehead atoms. The summed E-state index contributed by atoms with van der Waals surface area (Å²) >= 11 is 0. The Bertz CT molecular complexity index is 871. The van der Waals surface area contributed by atoms with Gasteiger partial charge in [0.25, 0.3) is 5.91 Å². The van der Waals surface area contributed by atoms with E-state index in [1.807, 2.05) is 43.3 Å². The molecule has 1 fully saturated rings. The highest BCUT2D eigenvalue weighted by Crippen LogP contribution is 2.19. The second-order valence-corrected chi connectivity index (χ2v) is 7.29. The molecule has 0 unspecified atom stereocenters. The van der Waals surface area contributed by atoms with Crippen LogP contribution in [0.1, 0.15) is 28.8 Å². The van der Waals surface area contributed by atoms with Crippen LogP contribution < -0.4 is 10.3 Å². The van der Waals surface area contributed by atoms with Gasteiger partial charge in [0, 0.05) is 44.4 Å². The Morgan fingerprint density at radius 2 is 1.69 bits per heavy atom. The second kappa shape index (κ2) is 9.32. The molecule has 0 saturated carbocycles. The van der Waals surface area contributed by atoms with Crippen molar-refractivity contribution in [3.8, 4) is 0 Å².